The van der Waals surface area contributed by atoms with Crippen molar-refractivity contribution in [3.63, 3.8) is 0 Å². The fourth-order valence-corrected chi connectivity index (χ4v) is 9.92. The normalized spacial score (nSPS) is 26.7. The number of carbonyl (C=O) groups is 2. The van der Waals surface area contributed by atoms with Crippen LogP contribution < -0.4 is 5.32 Å². The van der Waals surface area contributed by atoms with E-state index in [4.69, 9.17) is 16.7 Å². The summed E-state index contributed by atoms with van der Waals surface area (Å²) in [5.74, 6) is -1.93. The number of para-hydroxylation sites is 2. The predicted octanol–water partition coefficient (Wildman–Crippen LogP) is 8.18. The molecule has 1 aliphatic carbocycles. The number of aromatic nitrogens is 2. The van der Waals surface area contributed by atoms with Crippen molar-refractivity contribution in [1.82, 2.24) is 14.7 Å². The molecule has 3 aliphatic heterocycles. The van der Waals surface area contributed by atoms with Crippen molar-refractivity contribution in [3.05, 3.63) is 141 Å². The maximum Gasteiger partial charge on any atom is 0.280 e. The number of amides is 1. The number of anilines is 1. The number of ketones is 1. The van der Waals surface area contributed by atoms with Crippen molar-refractivity contribution >= 4 is 34.7 Å². The van der Waals surface area contributed by atoms with Crippen LogP contribution in [0.25, 0.3) is 16.9 Å². The molecule has 1 amide bonds. The van der Waals surface area contributed by atoms with Crippen LogP contribution >= 0.6 is 11.6 Å². The van der Waals surface area contributed by atoms with Gasteiger partial charge < -0.3 is 5.32 Å². The summed E-state index contributed by atoms with van der Waals surface area (Å²) >= 11 is 6.71. The molecule has 2 saturated heterocycles. The molecule has 4 aromatic carbocycles. The molecule has 4 heterocycles. The van der Waals surface area contributed by atoms with Gasteiger partial charge in [-0.1, -0.05) is 85.1 Å². The zero-order valence-electron chi connectivity index (χ0n) is 27.1. The van der Waals surface area contributed by atoms with Crippen LogP contribution in [0.4, 0.5) is 11.4 Å². The topological polar surface area (TPSA) is 110 Å². The smallest absolute Gasteiger partial charge is 0.280 e. The molecule has 50 heavy (non-hydrogen) atoms. The number of fused-ring (bicyclic) bond motifs is 6. The summed E-state index contributed by atoms with van der Waals surface area (Å²) in [5.41, 5.74) is 2.84. The molecular formula is C40H34ClN5O4. The van der Waals surface area contributed by atoms with Gasteiger partial charge in [0.2, 0.25) is 5.91 Å². The van der Waals surface area contributed by atoms with Crippen LogP contribution in [0, 0.1) is 22.0 Å². The molecule has 1 saturated carbocycles. The first-order chi connectivity index (χ1) is 24.4. The second kappa shape index (κ2) is 11.7. The number of benzene rings is 4. The lowest BCUT2D eigenvalue weighted by Crippen LogP contribution is -2.56. The molecule has 1 spiro atoms. The van der Waals surface area contributed by atoms with Gasteiger partial charge in [-0.2, -0.15) is 5.10 Å². The second-order valence-electron chi connectivity index (χ2n) is 14.0. The van der Waals surface area contributed by atoms with E-state index in [9.17, 15) is 10.1 Å². The molecule has 2 unspecified atom stereocenters. The van der Waals surface area contributed by atoms with E-state index in [0.717, 1.165) is 54.6 Å². The lowest BCUT2D eigenvalue weighted by atomic mass is 9.67. The van der Waals surface area contributed by atoms with E-state index in [-0.39, 0.29) is 29.2 Å². The highest BCUT2D eigenvalue weighted by molar-refractivity contribution is 6.31. The van der Waals surface area contributed by atoms with E-state index >= 15 is 9.59 Å². The standard InChI is InChI=1S/C40H34ClN5O4/c41-26-19-20-31-30(22-26)40(39(48)42-31)36(38(47)28-16-8-10-18-33(28)46(49)50)35(34-21-25-13-7-9-17-32(25)45(34)40)29-23-44(27-14-5-2-6-15-27)43-37(29)24-11-3-1-4-12-24/h1-6,8,10-12,14-16,18-20,22-23,25,32,34-36H,7,9,13,17,21H2,(H,42,48)/t25?,32?,34-,35+,36+,40-/m0/s1. The molecule has 6 atom stereocenters. The number of hydrogen-bond acceptors (Lipinski definition) is 6. The van der Waals surface area contributed by atoms with Gasteiger partial charge in [0.25, 0.3) is 5.69 Å². The number of hydrogen-bond donors (Lipinski definition) is 1. The van der Waals surface area contributed by atoms with Crippen LogP contribution in [0.5, 0.6) is 0 Å². The molecule has 1 N–H and O–H groups in total. The minimum Gasteiger partial charge on any atom is -0.324 e. The number of halogens is 1. The van der Waals surface area contributed by atoms with Crippen LogP contribution in [0.2, 0.25) is 5.02 Å². The largest absolute Gasteiger partial charge is 0.324 e. The first-order valence-electron chi connectivity index (χ1n) is 17.3. The number of Topliss-reactive ketones (excluding diaryl/α,β-unsaturated/α-hetero) is 1. The number of nitrogens with one attached hydrogen (secondary N) is 1. The van der Waals surface area contributed by atoms with E-state index in [2.05, 4.69) is 10.2 Å². The highest BCUT2D eigenvalue weighted by Crippen LogP contribution is 2.65. The molecule has 3 fully saturated rings. The molecule has 9 rings (SSSR count). The third-order valence-electron chi connectivity index (χ3n) is 11.6. The maximum atomic E-state index is 15.5. The van der Waals surface area contributed by atoms with Gasteiger partial charge in [-0.05, 0) is 61.6 Å². The molecule has 5 aromatic rings. The minimum atomic E-state index is -1.45. The van der Waals surface area contributed by atoms with Gasteiger partial charge in [0.1, 0.15) is 5.54 Å². The first kappa shape index (κ1) is 30.9. The molecular weight excluding hydrogens is 650 g/mol. The Morgan fingerprint density at radius 2 is 1.64 bits per heavy atom. The molecule has 10 heteroatoms. The van der Waals surface area contributed by atoms with Gasteiger partial charge in [-0.25, -0.2) is 4.68 Å². The van der Waals surface area contributed by atoms with Crippen molar-refractivity contribution in [2.24, 2.45) is 11.8 Å². The number of nitro groups is 1. The summed E-state index contributed by atoms with van der Waals surface area (Å²) < 4.78 is 1.85. The molecule has 0 radical (unpaired) electrons. The predicted molar refractivity (Wildman–Crippen MR) is 190 cm³/mol. The Hall–Kier alpha value is -5.12. The fraction of sp³-hybridized carbons (Fsp3) is 0.275. The Labute approximate surface area is 294 Å². The average molecular weight is 684 g/mol. The van der Waals surface area contributed by atoms with Crippen LogP contribution in [-0.4, -0.2) is 43.4 Å². The van der Waals surface area contributed by atoms with Gasteiger partial charge >= 0.3 is 0 Å². The van der Waals surface area contributed by atoms with Crippen molar-refractivity contribution < 1.29 is 14.5 Å². The third kappa shape index (κ3) is 4.46. The Morgan fingerprint density at radius 1 is 0.920 bits per heavy atom. The van der Waals surface area contributed by atoms with E-state index in [0.29, 0.717) is 22.2 Å². The zero-order valence-corrected chi connectivity index (χ0v) is 27.9. The quantitative estimate of drug-likeness (QED) is 0.110. The van der Waals surface area contributed by atoms with Crippen molar-refractivity contribution in [2.75, 3.05) is 5.32 Å². The van der Waals surface area contributed by atoms with E-state index in [1.165, 1.54) is 12.1 Å². The first-order valence-corrected chi connectivity index (χ1v) is 17.6. The summed E-state index contributed by atoms with van der Waals surface area (Å²) in [7, 11) is 0. The lowest BCUT2D eigenvalue weighted by Gasteiger charge is -2.43. The highest BCUT2D eigenvalue weighted by Gasteiger charge is 2.73. The van der Waals surface area contributed by atoms with Crippen LogP contribution in [0.15, 0.2) is 109 Å². The summed E-state index contributed by atoms with van der Waals surface area (Å²) in [6.45, 7) is 0. The minimum absolute atomic E-state index is 0.00627. The molecule has 9 nitrogen and oxygen atoms in total. The fourth-order valence-electron chi connectivity index (χ4n) is 9.74. The van der Waals surface area contributed by atoms with Crippen LogP contribution in [-0.2, 0) is 10.3 Å². The highest BCUT2D eigenvalue weighted by atomic mass is 35.5. The Balaban J connectivity index is 1.36. The van der Waals surface area contributed by atoms with Crippen molar-refractivity contribution in [1.29, 1.82) is 0 Å². The van der Waals surface area contributed by atoms with E-state index < -0.39 is 28.1 Å². The van der Waals surface area contributed by atoms with Crippen LogP contribution in [0.3, 0.4) is 0 Å². The Bertz CT molecular complexity index is 2170. The summed E-state index contributed by atoms with van der Waals surface area (Å²) in [6.07, 6.45) is 6.90. The summed E-state index contributed by atoms with van der Waals surface area (Å²) in [4.78, 5) is 44.8. The van der Waals surface area contributed by atoms with Gasteiger partial charge in [-0.3, -0.25) is 24.6 Å². The summed E-state index contributed by atoms with van der Waals surface area (Å²) in [5, 5.41) is 21.2. The number of carbonyl (C=O) groups excluding carboxylic acids is 2. The average Bonchev–Trinajstić information content (AvgIpc) is 3.89. The maximum absolute atomic E-state index is 15.5. The molecule has 250 valence electrons. The molecule has 4 aliphatic rings. The van der Waals surface area contributed by atoms with E-state index in [1.54, 1.807) is 24.3 Å². The Kier molecular flexibility index (Phi) is 7.26. The number of nitrogens with zero attached hydrogens (tertiary/aromatic N) is 4. The third-order valence-corrected chi connectivity index (χ3v) is 11.8. The zero-order chi connectivity index (χ0) is 34.1. The van der Waals surface area contributed by atoms with Crippen LogP contribution in [0.1, 0.15) is 59.5 Å². The van der Waals surface area contributed by atoms with E-state index in [1.807, 2.05) is 77.6 Å². The van der Waals surface area contributed by atoms with Gasteiger partial charge in [0, 0.05) is 57.7 Å². The number of rotatable bonds is 6. The van der Waals surface area contributed by atoms with Crippen molar-refractivity contribution in [2.45, 2.75) is 55.6 Å². The molecule has 0 bridgehead atoms. The van der Waals surface area contributed by atoms with Gasteiger partial charge in [0.15, 0.2) is 5.78 Å². The second-order valence-corrected chi connectivity index (χ2v) is 14.4. The summed E-state index contributed by atoms with van der Waals surface area (Å²) in [6, 6.07) is 31.0. The van der Waals surface area contributed by atoms with Gasteiger partial charge in [0.05, 0.1) is 27.8 Å². The molecule has 1 aromatic heterocycles. The number of nitro benzene ring substituents is 1. The van der Waals surface area contributed by atoms with Gasteiger partial charge in [-0.15, -0.1) is 0 Å². The monoisotopic (exact) mass is 683 g/mol. The SMILES string of the molecule is O=C(c1ccccc1[N+](=O)[O-])[C@H]1[C@H](c2cn(-c3ccccc3)nc2-c2ccccc2)[C@@H]2CC3CCCCC3N2[C@]12C(=O)Nc1ccc(Cl)cc12. The Morgan fingerprint density at radius 3 is 2.42 bits per heavy atom. The lowest BCUT2D eigenvalue weighted by molar-refractivity contribution is -0.385. The van der Waals surface area contributed by atoms with Crippen molar-refractivity contribution in [3.8, 4) is 16.9 Å².